The van der Waals surface area contributed by atoms with E-state index in [-0.39, 0.29) is 0 Å². The van der Waals surface area contributed by atoms with Crippen LogP contribution in [0.4, 0.5) is 11.4 Å². The molecule has 0 amide bonds. The fraction of sp³-hybridized carbons (Fsp3) is 0. The van der Waals surface area contributed by atoms with Gasteiger partial charge >= 0.3 is 0 Å². The molecule has 0 radical (unpaired) electrons. The van der Waals surface area contributed by atoms with Crippen molar-refractivity contribution >= 4 is 11.4 Å². The van der Waals surface area contributed by atoms with Crippen LogP contribution in [0.2, 0.25) is 0 Å². The molecule has 0 bridgehead atoms. The number of para-hydroxylation sites is 2. The molecule has 4 aromatic carbocycles. The van der Waals surface area contributed by atoms with Gasteiger partial charge in [0.2, 0.25) is 0 Å². The van der Waals surface area contributed by atoms with Crippen LogP contribution in [0.15, 0.2) is 97.1 Å². The summed E-state index contributed by atoms with van der Waals surface area (Å²) in [5.41, 5.74) is 20.8. The van der Waals surface area contributed by atoms with Crippen molar-refractivity contribution in [1.29, 1.82) is 0 Å². The second-order valence-corrected chi connectivity index (χ2v) is 6.27. The molecule has 0 aliphatic rings. The van der Waals surface area contributed by atoms with Gasteiger partial charge in [0, 0.05) is 33.6 Å². The van der Waals surface area contributed by atoms with Gasteiger partial charge in [-0.25, -0.2) is 0 Å². The Bertz CT molecular complexity index is 951. The van der Waals surface area contributed by atoms with E-state index >= 15 is 0 Å². The maximum atomic E-state index is 6.55. The van der Waals surface area contributed by atoms with E-state index in [1.807, 2.05) is 72.8 Å². The van der Waals surface area contributed by atoms with Crippen molar-refractivity contribution in [2.75, 3.05) is 11.5 Å². The van der Waals surface area contributed by atoms with Gasteiger partial charge in [-0.1, -0.05) is 97.1 Å². The molecule has 4 aromatic rings. The highest BCUT2D eigenvalue weighted by Crippen LogP contribution is 2.40. The monoisotopic (exact) mass is 336 g/mol. The Morgan fingerprint density at radius 3 is 1.08 bits per heavy atom. The quantitative estimate of drug-likeness (QED) is 0.461. The highest BCUT2D eigenvalue weighted by Gasteiger charge is 2.13. The van der Waals surface area contributed by atoms with Crippen molar-refractivity contribution < 1.29 is 0 Å². The molecule has 0 spiro atoms. The van der Waals surface area contributed by atoms with E-state index in [0.717, 1.165) is 44.8 Å². The normalized spacial score (nSPS) is 10.6. The molecule has 0 aromatic heterocycles. The van der Waals surface area contributed by atoms with E-state index in [2.05, 4.69) is 24.3 Å². The summed E-state index contributed by atoms with van der Waals surface area (Å²) in [6.07, 6.45) is 0. The van der Waals surface area contributed by atoms with Crippen LogP contribution in [0, 0.1) is 0 Å². The number of benzene rings is 4. The zero-order chi connectivity index (χ0) is 17.9. The van der Waals surface area contributed by atoms with Gasteiger partial charge in [-0.05, 0) is 11.1 Å². The maximum absolute atomic E-state index is 6.55. The van der Waals surface area contributed by atoms with Crippen LogP contribution >= 0.6 is 0 Å². The van der Waals surface area contributed by atoms with Gasteiger partial charge in [-0.2, -0.15) is 0 Å². The largest absolute Gasteiger partial charge is 0.398 e. The molecule has 4 N–H and O–H groups in total. The predicted molar refractivity (Wildman–Crippen MR) is 112 cm³/mol. The van der Waals surface area contributed by atoms with Crippen molar-refractivity contribution in [3.05, 3.63) is 97.1 Å². The lowest BCUT2D eigenvalue weighted by atomic mass is 9.92. The van der Waals surface area contributed by atoms with Gasteiger partial charge in [0.1, 0.15) is 0 Å². The number of hydrogen-bond donors (Lipinski definition) is 2. The van der Waals surface area contributed by atoms with Gasteiger partial charge in [-0.15, -0.1) is 0 Å². The summed E-state index contributed by atoms with van der Waals surface area (Å²) in [5, 5.41) is 0. The van der Waals surface area contributed by atoms with Crippen LogP contribution < -0.4 is 11.5 Å². The minimum Gasteiger partial charge on any atom is -0.398 e. The molecular weight excluding hydrogens is 316 g/mol. The van der Waals surface area contributed by atoms with Crippen molar-refractivity contribution in [3.8, 4) is 33.4 Å². The van der Waals surface area contributed by atoms with Crippen molar-refractivity contribution in [2.24, 2.45) is 0 Å². The molecular formula is C24H20N2. The highest BCUT2D eigenvalue weighted by molar-refractivity contribution is 5.96. The van der Waals surface area contributed by atoms with E-state index in [0.29, 0.717) is 0 Å². The molecule has 0 aliphatic carbocycles. The Hall–Kier alpha value is -3.52. The first-order valence-electron chi connectivity index (χ1n) is 8.64. The third-order valence-corrected chi connectivity index (χ3v) is 4.67. The van der Waals surface area contributed by atoms with Crippen molar-refractivity contribution in [1.82, 2.24) is 0 Å². The summed E-state index contributed by atoms with van der Waals surface area (Å²) in [6.45, 7) is 0. The Morgan fingerprint density at radius 2 is 0.692 bits per heavy atom. The Labute approximate surface area is 153 Å². The van der Waals surface area contributed by atoms with Gasteiger partial charge in [-0.3, -0.25) is 0 Å². The first kappa shape index (κ1) is 16.0. The second-order valence-electron chi connectivity index (χ2n) is 6.27. The van der Waals surface area contributed by atoms with Crippen LogP contribution in [0.5, 0.6) is 0 Å². The SMILES string of the molecule is Nc1c(-c2ccccc2)cccc1-c1cccc(-c2ccccc2)c1N. The average molecular weight is 336 g/mol. The maximum Gasteiger partial charge on any atom is 0.0474 e. The lowest BCUT2D eigenvalue weighted by molar-refractivity contribution is 1.56. The lowest BCUT2D eigenvalue weighted by Crippen LogP contribution is -1.98. The van der Waals surface area contributed by atoms with Gasteiger partial charge < -0.3 is 11.5 Å². The topological polar surface area (TPSA) is 52.0 Å². The number of hydrogen-bond acceptors (Lipinski definition) is 2. The molecule has 4 rings (SSSR count). The summed E-state index contributed by atoms with van der Waals surface area (Å²) in [5.74, 6) is 0. The Morgan fingerprint density at radius 1 is 0.346 bits per heavy atom. The van der Waals surface area contributed by atoms with Crippen LogP contribution in [0.1, 0.15) is 0 Å². The molecule has 0 heterocycles. The predicted octanol–water partition coefficient (Wildman–Crippen LogP) is 5.85. The molecule has 2 nitrogen and oxygen atoms in total. The number of rotatable bonds is 3. The number of anilines is 2. The van der Waals surface area contributed by atoms with Gasteiger partial charge in [0.25, 0.3) is 0 Å². The van der Waals surface area contributed by atoms with E-state index < -0.39 is 0 Å². The smallest absolute Gasteiger partial charge is 0.0474 e. The fourth-order valence-electron chi connectivity index (χ4n) is 3.34. The van der Waals surface area contributed by atoms with E-state index in [4.69, 9.17) is 11.5 Å². The molecule has 126 valence electrons. The van der Waals surface area contributed by atoms with E-state index in [1.165, 1.54) is 0 Å². The van der Waals surface area contributed by atoms with Crippen LogP contribution in [-0.2, 0) is 0 Å². The van der Waals surface area contributed by atoms with Crippen LogP contribution in [0.25, 0.3) is 33.4 Å². The third-order valence-electron chi connectivity index (χ3n) is 4.67. The zero-order valence-corrected chi connectivity index (χ0v) is 14.4. The summed E-state index contributed by atoms with van der Waals surface area (Å²) < 4.78 is 0. The molecule has 0 unspecified atom stereocenters. The average Bonchev–Trinajstić information content (AvgIpc) is 2.70. The van der Waals surface area contributed by atoms with Gasteiger partial charge in [0.15, 0.2) is 0 Å². The summed E-state index contributed by atoms with van der Waals surface area (Å²) in [4.78, 5) is 0. The summed E-state index contributed by atoms with van der Waals surface area (Å²) >= 11 is 0. The van der Waals surface area contributed by atoms with Crippen LogP contribution in [0.3, 0.4) is 0 Å². The van der Waals surface area contributed by atoms with E-state index in [9.17, 15) is 0 Å². The third kappa shape index (κ3) is 2.82. The summed E-state index contributed by atoms with van der Waals surface area (Å²) in [6, 6.07) is 32.6. The fourth-order valence-corrected chi connectivity index (χ4v) is 3.34. The minimum atomic E-state index is 0.746. The molecule has 0 saturated heterocycles. The second kappa shape index (κ2) is 6.77. The number of nitrogen functional groups attached to an aromatic ring is 2. The zero-order valence-electron chi connectivity index (χ0n) is 14.4. The first-order valence-corrected chi connectivity index (χ1v) is 8.64. The molecule has 0 saturated carbocycles. The Balaban J connectivity index is 1.87. The van der Waals surface area contributed by atoms with Crippen LogP contribution in [-0.4, -0.2) is 0 Å². The molecule has 2 heteroatoms. The summed E-state index contributed by atoms with van der Waals surface area (Å²) in [7, 11) is 0. The molecule has 0 aliphatic heterocycles. The lowest BCUT2D eigenvalue weighted by Gasteiger charge is -2.15. The van der Waals surface area contributed by atoms with Crippen molar-refractivity contribution in [3.63, 3.8) is 0 Å². The van der Waals surface area contributed by atoms with E-state index in [1.54, 1.807) is 0 Å². The number of nitrogens with two attached hydrogens (primary N) is 2. The first-order chi connectivity index (χ1) is 12.8. The highest BCUT2D eigenvalue weighted by atomic mass is 14.6. The molecule has 0 fully saturated rings. The van der Waals surface area contributed by atoms with Crippen molar-refractivity contribution in [2.45, 2.75) is 0 Å². The Kier molecular flexibility index (Phi) is 4.16. The van der Waals surface area contributed by atoms with Gasteiger partial charge in [0.05, 0.1) is 0 Å². The standard InChI is InChI=1S/C24H20N2/c25-23-19(17-9-3-1-4-10-17)13-7-15-21(23)22-16-8-14-20(24(22)26)18-11-5-2-6-12-18/h1-16H,25-26H2. The molecule has 26 heavy (non-hydrogen) atoms. The minimum absolute atomic E-state index is 0.746. The molecule has 0 atom stereocenters.